The van der Waals surface area contributed by atoms with Gasteiger partial charge in [0, 0.05) is 11.6 Å². The molecule has 152 valence electrons. The Morgan fingerprint density at radius 1 is 1.00 bits per heavy atom. The van der Waals surface area contributed by atoms with E-state index in [4.69, 9.17) is 4.74 Å². The molecule has 2 aliphatic carbocycles. The van der Waals surface area contributed by atoms with Gasteiger partial charge in [-0.2, -0.15) is 0 Å². The first kappa shape index (κ1) is 18.9. The van der Waals surface area contributed by atoms with Crippen LogP contribution in [0.15, 0.2) is 72.9 Å². The van der Waals surface area contributed by atoms with Gasteiger partial charge >= 0.3 is 5.97 Å². The summed E-state index contributed by atoms with van der Waals surface area (Å²) in [7, 11) is 0. The molecule has 1 unspecified atom stereocenters. The van der Waals surface area contributed by atoms with Crippen LogP contribution < -0.4 is 4.74 Å². The van der Waals surface area contributed by atoms with Crippen molar-refractivity contribution in [2.24, 2.45) is 11.8 Å². The Kier molecular flexibility index (Phi) is 4.78. The first-order valence-electron chi connectivity index (χ1n) is 10.6. The minimum Gasteiger partial charge on any atom is -0.487 e. The maximum absolute atomic E-state index is 11.3. The molecule has 4 nitrogen and oxygen atoms in total. The normalized spacial score (nSPS) is 24.7. The van der Waals surface area contributed by atoms with Crippen LogP contribution >= 0.6 is 0 Å². The SMILES string of the molecule is O=C(O)c1ccc([C@]2(c3ccc(OCc4ccccn4)cc3)CC3CC[C@@H]2C3)cc1. The van der Waals surface area contributed by atoms with Crippen molar-refractivity contribution in [2.45, 2.75) is 37.7 Å². The number of fused-ring (bicyclic) bond motifs is 2. The molecule has 3 aromatic rings. The van der Waals surface area contributed by atoms with Gasteiger partial charge in [-0.1, -0.05) is 36.8 Å². The molecule has 2 saturated carbocycles. The number of rotatable bonds is 6. The topological polar surface area (TPSA) is 59.4 Å². The highest BCUT2D eigenvalue weighted by Crippen LogP contribution is 2.60. The van der Waals surface area contributed by atoms with Crippen molar-refractivity contribution in [1.82, 2.24) is 4.98 Å². The van der Waals surface area contributed by atoms with Gasteiger partial charge < -0.3 is 9.84 Å². The molecule has 30 heavy (non-hydrogen) atoms. The summed E-state index contributed by atoms with van der Waals surface area (Å²) in [5.74, 6) is 1.33. The molecule has 4 heteroatoms. The molecular weight excluding hydrogens is 374 g/mol. The third kappa shape index (κ3) is 3.26. The van der Waals surface area contributed by atoms with E-state index in [0.29, 0.717) is 18.1 Å². The molecule has 1 aromatic heterocycles. The van der Waals surface area contributed by atoms with Gasteiger partial charge in [-0.15, -0.1) is 0 Å². The van der Waals surface area contributed by atoms with Crippen molar-refractivity contribution in [3.05, 3.63) is 95.3 Å². The number of carboxylic acids is 1. The molecule has 2 aliphatic rings. The molecule has 0 radical (unpaired) electrons. The number of aromatic nitrogens is 1. The lowest BCUT2D eigenvalue weighted by molar-refractivity contribution is 0.0697. The van der Waals surface area contributed by atoms with Crippen molar-refractivity contribution < 1.29 is 14.6 Å². The van der Waals surface area contributed by atoms with Crippen LogP contribution in [0.25, 0.3) is 0 Å². The number of hydrogen-bond donors (Lipinski definition) is 1. The lowest BCUT2D eigenvalue weighted by atomic mass is 9.64. The van der Waals surface area contributed by atoms with E-state index in [9.17, 15) is 9.90 Å². The quantitative estimate of drug-likeness (QED) is 0.597. The van der Waals surface area contributed by atoms with Crippen LogP contribution in [0.5, 0.6) is 5.75 Å². The number of pyridine rings is 1. The summed E-state index contributed by atoms with van der Waals surface area (Å²) in [5.41, 5.74) is 3.77. The van der Waals surface area contributed by atoms with Gasteiger partial charge in [0.15, 0.2) is 0 Å². The number of nitrogens with zero attached hydrogens (tertiary/aromatic N) is 1. The van der Waals surface area contributed by atoms with Crippen LogP contribution in [-0.4, -0.2) is 16.1 Å². The van der Waals surface area contributed by atoms with E-state index >= 15 is 0 Å². The standard InChI is InChI=1S/C26H25NO3/c28-25(29)19-5-8-20(9-6-19)26(16-18-4-7-22(26)15-18)21-10-12-24(13-11-21)30-17-23-3-1-2-14-27-23/h1-3,5-6,8-14,18,22H,4,7,15-17H2,(H,28,29)/t18?,22-,26+/m1/s1. The van der Waals surface area contributed by atoms with Gasteiger partial charge in [-0.05, 0) is 78.6 Å². The summed E-state index contributed by atoms with van der Waals surface area (Å²) in [6, 6.07) is 21.9. The Bertz CT molecular complexity index is 1030. The van der Waals surface area contributed by atoms with Gasteiger partial charge in [0.25, 0.3) is 0 Å². The van der Waals surface area contributed by atoms with E-state index < -0.39 is 5.97 Å². The second-order valence-corrected chi connectivity index (χ2v) is 8.57. The number of ether oxygens (including phenoxy) is 1. The Morgan fingerprint density at radius 2 is 1.73 bits per heavy atom. The van der Waals surface area contributed by atoms with E-state index in [2.05, 4.69) is 29.2 Å². The van der Waals surface area contributed by atoms with Crippen molar-refractivity contribution in [2.75, 3.05) is 0 Å². The highest BCUT2D eigenvalue weighted by atomic mass is 16.5. The van der Waals surface area contributed by atoms with Crippen LogP contribution in [0.1, 0.15) is 52.9 Å². The van der Waals surface area contributed by atoms with Crippen LogP contribution in [0.4, 0.5) is 0 Å². The van der Waals surface area contributed by atoms with E-state index in [1.807, 2.05) is 30.3 Å². The van der Waals surface area contributed by atoms with E-state index in [-0.39, 0.29) is 5.41 Å². The molecule has 0 aliphatic heterocycles. The number of hydrogen-bond acceptors (Lipinski definition) is 3. The molecule has 1 N–H and O–H groups in total. The maximum Gasteiger partial charge on any atom is 0.335 e. The van der Waals surface area contributed by atoms with Gasteiger partial charge in [0.1, 0.15) is 12.4 Å². The predicted octanol–water partition coefficient (Wildman–Crippen LogP) is 5.46. The summed E-state index contributed by atoms with van der Waals surface area (Å²) in [6.07, 6.45) is 6.72. The number of benzene rings is 2. The molecule has 3 atom stereocenters. The number of carboxylic acid groups (broad SMARTS) is 1. The van der Waals surface area contributed by atoms with Crippen molar-refractivity contribution in [3.63, 3.8) is 0 Å². The Labute approximate surface area is 176 Å². The highest BCUT2D eigenvalue weighted by molar-refractivity contribution is 5.87. The smallest absolute Gasteiger partial charge is 0.335 e. The second kappa shape index (κ2) is 7.60. The summed E-state index contributed by atoms with van der Waals surface area (Å²) >= 11 is 0. The highest BCUT2D eigenvalue weighted by Gasteiger charge is 2.52. The minimum atomic E-state index is -0.877. The average molecular weight is 399 g/mol. The molecule has 1 heterocycles. The summed E-state index contributed by atoms with van der Waals surface area (Å²) < 4.78 is 5.92. The van der Waals surface area contributed by atoms with E-state index in [0.717, 1.165) is 23.8 Å². The van der Waals surface area contributed by atoms with Crippen LogP contribution in [-0.2, 0) is 12.0 Å². The average Bonchev–Trinajstić information content (AvgIpc) is 3.41. The molecular formula is C26H25NO3. The summed E-state index contributed by atoms with van der Waals surface area (Å²) in [4.78, 5) is 15.6. The van der Waals surface area contributed by atoms with Gasteiger partial charge in [0.05, 0.1) is 11.3 Å². The number of aromatic carboxylic acids is 1. The van der Waals surface area contributed by atoms with Crippen LogP contribution in [0, 0.1) is 11.8 Å². The molecule has 2 bridgehead atoms. The van der Waals surface area contributed by atoms with Crippen molar-refractivity contribution >= 4 is 5.97 Å². The Morgan fingerprint density at radius 3 is 2.30 bits per heavy atom. The minimum absolute atomic E-state index is 0.0283. The molecule has 2 aromatic carbocycles. The zero-order valence-electron chi connectivity index (χ0n) is 16.8. The fourth-order valence-electron chi connectivity index (χ4n) is 5.60. The van der Waals surface area contributed by atoms with Crippen LogP contribution in [0.3, 0.4) is 0 Å². The molecule has 2 fully saturated rings. The first-order valence-corrected chi connectivity index (χ1v) is 10.6. The lowest BCUT2D eigenvalue weighted by Crippen LogP contribution is -2.34. The lowest BCUT2D eigenvalue weighted by Gasteiger charge is -2.39. The third-order valence-corrected chi connectivity index (χ3v) is 6.98. The third-order valence-electron chi connectivity index (χ3n) is 6.98. The summed E-state index contributed by atoms with van der Waals surface area (Å²) in [5, 5.41) is 9.27. The Balaban J connectivity index is 1.43. The fraction of sp³-hybridized carbons (Fsp3) is 0.308. The Hall–Kier alpha value is -3.14. The largest absolute Gasteiger partial charge is 0.487 e. The van der Waals surface area contributed by atoms with Crippen molar-refractivity contribution in [3.8, 4) is 5.75 Å². The zero-order chi connectivity index (χ0) is 20.6. The van der Waals surface area contributed by atoms with Crippen molar-refractivity contribution in [1.29, 1.82) is 0 Å². The second-order valence-electron chi connectivity index (χ2n) is 8.57. The maximum atomic E-state index is 11.3. The van der Waals surface area contributed by atoms with E-state index in [1.165, 1.54) is 30.4 Å². The predicted molar refractivity (Wildman–Crippen MR) is 115 cm³/mol. The molecule has 0 saturated heterocycles. The number of carbonyl (C=O) groups is 1. The molecule has 0 amide bonds. The molecule has 0 spiro atoms. The molecule has 5 rings (SSSR count). The summed E-state index contributed by atoms with van der Waals surface area (Å²) in [6.45, 7) is 0.451. The van der Waals surface area contributed by atoms with E-state index in [1.54, 1.807) is 18.3 Å². The first-order chi connectivity index (χ1) is 14.6. The van der Waals surface area contributed by atoms with Gasteiger partial charge in [-0.3, -0.25) is 4.98 Å². The monoisotopic (exact) mass is 399 g/mol. The fourth-order valence-corrected chi connectivity index (χ4v) is 5.60. The van der Waals surface area contributed by atoms with Crippen LogP contribution in [0.2, 0.25) is 0 Å². The zero-order valence-corrected chi connectivity index (χ0v) is 16.8. The van der Waals surface area contributed by atoms with Gasteiger partial charge in [-0.25, -0.2) is 4.79 Å². The van der Waals surface area contributed by atoms with Gasteiger partial charge in [0.2, 0.25) is 0 Å².